The van der Waals surface area contributed by atoms with E-state index in [4.69, 9.17) is 5.26 Å². The maximum absolute atomic E-state index is 12.0. The van der Waals surface area contributed by atoms with E-state index in [1.165, 1.54) is 0 Å². The van der Waals surface area contributed by atoms with Crippen LogP contribution in [0.5, 0.6) is 0 Å². The molecule has 0 aromatic heterocycles. The zero-order valence-corrected chi connectivity index (χ0v) is 10.8. The topological polar surface area (TPSA) is 35.8 Å². The lowest BCUT2D eigenvalue weighted by Crippen LogP contribution is -2.16. The molecule has 0 radical (unpaired) electrons. The molecule has 104 valence electrons. The molecule has 0 aliphatic rings. The fourth-order valence-electron chi connectivity index (χ4n) is 1.78. The summed E-state index contributed by atoms with van der Waals surface area (Å²) < 4.78 is 36.0. The number of hydrogen-bond donors (Lipinski definition) is 1. The van der Waals surface area contributed by atoms with Gasteiger partial charge in [-0.1, -0.05) is 12.1 Å². The van der Waals surface area contributed by atoms with Crippen LogP contribution in [0.2, 0.25) is 0 Å². The van der Waals surface area contributed by atoms with Crippen LogP contribution in [0.4, 0.5) is 18.9 Å². The zero-order valence-electron chi connectivity index (χ0n) is 10.8. The Kier molecular flexibility index (Phi) is 5.68. The SMILES string of the molecule is CC(CCCC(F)(F)F)Nc1ccc(CC#N)cc1. The van der Waals surface area contributed by atoms with Crippen molar-refractivity contribution >= 4 is 5.69 Å². The first-order valence-electron chi connectivity index (χ1n) is 6.20. The number of nitrogens with zero attached hydrogens (tertiary/aromatic N) is 1. The van der Waals surface area contributed by atoms with Gasteiger partial charge >= 0.3 is 6.18 Å². The summed E-state index contributed by atoms with van der Waals surface area (Å²) in [6.07, 6.45) is -3.84. The quantitative estimate of drug-likeness (QED) is 0.837. The van der Waals surface area contributed by atoms with Crippen molar-refractivity contribution in [3.63, 3.8) is 0 Å². The lowest BCUT2D eigenvalue weighted by Gasteiger charge is -2.16. The Labute approximate surface area is 111 Å². The highest BCUT2D eigenvalue weighted by Gasteiger charge is 2.26. The molecule has 5 heteroatoms. The van der Waals surface area contributed by atoms with Crippen LogP contribution in [-0.2, 0) is 6.42 Å². The van der Waals surface area contributed by atoms with E-state index in [9.17, 15) is 13.2 Å². The molecule has 0 heterocycles. The Balaban J connectivity index is 2.36. The summed E-state index contributed by atoms with van der Waals surface area (Å²) in [5, 5.41) is 11.7. The van der Waals surface area contributed by atoms with Gasteiger partial charge in [0.1, 0.15) is 0 Å². The fourth-order valence-corrected chi connectivity index (χ4v) is 1.78. The molecule has 1 atom stereocenters. The van der Waals surface area contributed by atoms with Crippen LogP contribution >= 0.6 is 0 Å². The van der Waals surface area contributed by atoms with Crippen molar-refractivity contribution in [3.05, 3.63) is 29.8 Å². The van der Waals surface area contributed by atoms with Crippen LogP contribution in [0.15, 0.2) is 24.3 Å². The van der Waals surface area contributed by atoms with Crippen LogP contribution in [-0.4, -0.2) is 12.2 Å². The standard InChI is InChI=1S/C14H17F3N2/c1-11(3-2-9-14(15,16)17)19-13-6-4-12(5-7-13)8-10-18/h4-7,11,19H,2-3,8-9H2,1H3. The van der Waals surface area contributed by atoms with E-state index in [1.54, 1.807) is 0 Å². The summed E-state index contributed by atoms with van der Waals surface area (Å²) in [5.41, 5.74) is 1.79. The molecular formula is C14H17F3N2. The predicted molar refractivity (Wildman–Crippen MR) is 68.7 cm³/mol. The first-order valence-corrected chi connectivity index (χ1v) is 6.20. The Morgan fingerprint density at radius 3 is 2.42 bits per heavy atom. The predicted octanol–water partition coefficient (Wildman–Crippen LogP) is 4.29. The number of alkyl halides is 3. The van der Waals surface area contributed by atoms with Crippen molar-refractivity contribution in [1.29, 1.82) is 5.26 Å². The summed E-state index contributed by atoms with van der Waals surface area (Å²) in [6, 6.07) is 9.41. The Morgan fingerprint density at radius 1 is 1.26 bits per heavy atom. The molecule has 1 aromatic rings. The third kappa shape index (κ3) is 6.70. The summed E-state index contributed by atoms with van der Waals surface area (Å²) >= 11 is 0. The highest BCUT2D eigenvalue weighted by molar-refractivity contribution is 5.45. The fraction of sp³-hybridized carbons (Fsp3) is 0.500. The molecule has 0 bridgehead atoms. The molecule has 1 N–H and O–H groups in total. The van der Waals surface area contributed by atoms with Crippen molar-refractivity contribution in [3.8, 4) is 6.07 Å². The average Bonchev–Trinajstić information content (AvgIpc) is 2.30. The van der Waals surface area contributed by atoms with Gasteiger partial charge in [0.05, 0.1) is 12.5 Å². The van der Waals surface area contributed by atoms with Gasteiger partial charge in [-0.15, -0.1) is 0 Å². The summed E-state index contributed by atoms with van der Waals surface area (Å²) in [7, 11) is 0. The number of halogens is 3. The van der Waals surface area contributed by atoms with E-state index < -0.39 is 12.6 Å². The van der Waals surface area contributed by atoms with Gasteiger partial charge in [0, 0.05) is 18.2 Å². The highest BCUT2D eigenvalue weighted by Crippen LogP contribution is 2.23. The van der Waals surface area contributed by atoms with Gasteiger partial charge in [-0.2, -0.15) is 18.4 Å². The zero-order chi connectivity index (χ0) is 14.3. The molecule has 1 rings (SSSR count). The maximum atomic E-state index is 12.0. The molecule has 0 aliphatic heterocycles. The van der Waals surface area contributed by atoms with Gasteiger partial charge in [-0.05, 0) is 37.5 Å². The minimum absolute atomic E-state index is 0.0100. The Morgan fingerprint density at radius 2 is 1.89 bits per heavy atom. The third-order valence-corrected chi connectivity index (χ3v) is 2.75. The van der Waals surface area contributed by atoms with Gasteiger partial charge in [0.2, 0.25) is 0 Å². The first kappa shape index (κ1) is 15.4. The minimum atomic E-state index is -4.07. The lowest BCUT2D eigenvalue weighted by atomic mass is 10.1. The number of rotatable bonds is 6. The second-order valence-electron chi connectivity index (χ2n) is 4.58. The van der Waals surface area contributed by atoms with Crippen LogP contribution in [0, 0.1) is 11.3 Å². The smallest absolute Gasteiger partial charge is 0.383 e. The maximum Gasteiger partial charge on any atom is 0.389 e. The number of hydrogen-bond acceptors (Lipinski definition) is 2. The van der Waals surface area contributed by atoms with Gasteiger partial charge in [-0.25, -0.2) is 0 Å². The van der Waals surface area contributed by atoms with Gasteiger partial charge in [0.15, 0.2) is 0 Å². The summed E-state index contributed by atoms with van der Waals surface area (Å²) in [6.45, 7) is 1.86. The van der Waals surface area contributed by atoms with Crippen LogP contribution < -0.4 is 5.32 Å². The molecule has 0 saturated carbocycles. The van der Waals surface area contributed by atoms with Crippen LogP contribution in [0.3, 0.4) is 0 Å². The summed E-state index contributed by atoms with van der Waals surface area (Å²) in [4.78, 5) is 0. The molecule has 1 unspecified atom stereocenters. The van der Waals surface area contributed by atoms with E-state index >= 15 is 0 Å². The van der Waals surface area contributed by atoms with Gasteiger partial charge in [-0.3, -0.25) is 0 Å². The molecule has 0 fully saturated rings. The highest BCUT2D eigenvalue weighted by atomic mass is 19.4. The molecule has 0 aliphatic carbocycles. The number of nitriles is 1. The van der Waals surface area contributed by atoms with Gasteiger partial charge < -0.3 is 5.32 Å². The molecule has 0 saturated heterocycles. The largest absolute Gasteiger partial charge is 0.389 e. The Hall–Kier alpha value is -1.70. The second kappa shape index (κ2) is 7.03. The van der Waals surface area contributed by atoms with E-state index in [-0.39, 0.29) is 12.5 Å². The third-order valence-electron chi connectivity index (χ3n) is 2.75. The molecule has 0 spiro atoms. The molecule has 19 heavy (non-hydrogen) atoms. The van der Waals surface area contributed by atoms with Crippen molar-refractivity contribution in [1.82, 2.24) is 0 Å². The van der Waals surface area contributed by atoms with Crippen molar-refractivity contribution in [2.75, 3.05) is 5.32 Å². The van der Waals surface area contributed by atoms with E-state index in [1.807, 2.05) is 31.2 Å². The monoisotopic (exact) mass is 270 g/mol. The van der Waals surface area contributed by atoms with E-state index in [2.05, 4.69) is 11.4 Å². The van der Waals surface area contributed by atoms with Crippen molar-refractivity contribution in [2.45, 2.75) is 44.8 Å². The van der Waals surface area contributed by atoms with Crippen LogP contribution in [0.25, 0.3) is 0 Å². The normalized spacial score (nSPS) is 12.8. The second-order valence-corrected chi connectivity index (χ2v) is 4.58. The van der Waals surface area contributed by atoms with E-state index in [0.29, 0.717) is 12.8 Å². The molecular weight excluding hydrogens is 253 g/mol. The average molecular weight is 270 g/mol. The molecule has 2 nitrogen and oxygen atoms in total. The van der Waals surface area contributed by atoms with E-state index in [0.717, 1.165) is 11.3 Å². The number of nitrogens with one attached hydrogen (secondary N) is 1. The van der Waals surface area contributed by atoms with Crippen LogP contribution in [0.1, 0.15) is 31.7 Å². The molecule has 1 aromatic carbocycles. The molecule has 0 amide bonds. The van der Waals surface area contributed by atoms with Gasteiger partial charge in [0.25, 0.3) is 0 Å². The van der Waals surface area contributed by atoms with Crippen molar-refractivity contribution in [2.24, 2.45) is 0 Å². The Bertz CT molecular complexity index is 418. The first-order chi connectivity index (χ1) is 8.90. The minimum Gasteiger partial charge on any atom is -0.383 e. The summed E-state index contributed by atoms with van der Waals surface area (Å²) in [5.74, 6) is 0. The van der Waals surface area contributed by atoms with Crippen molar-refractivity contribution < 1.29 is 13.2 Å². The lowest BCUT2D eigenvalue weighted by molar-refractivity contribution is -0.135. The number of benzene rings is 1. The number of anilines is 1.